The van der Waals surface area contributed by atoms with E-state index in [4.69, 9.17) is 0 Å². The lowest BCUT2D eigenvalue weighted by Gasteiger charge is -2.51. The number of hydrogen-bond acceptors (Lipinski definition) is 3. The van der Waals surface area contributed by atoms with Crippen LogP contribution in [-0.4, -0.2) is 66.1 Å². The van der Waals surface area contributed by atoms with Crippen molar-refractivity contribution < 1.29 is 0 Å². The van der Waals surface area contributed by atoms with Gasteiger partial charge in [0.05, 0.1) is 0 Å². The number of piperidine rings is 1. The van der Waals surface area contributed by atoms with Crippen LogP contribution in [-0.2, 0) is 6.54 Å². The lowest BCUT2D eigenvalue weighted by Crippen LogP contribution is -2.65. The fraction of sp³-hybridized carbons (Fsp3) is 0.667. The van der Waals surface area contributed by atoms with Crippen LogP contribution < -0.4 is 0 Å². The number of hydrogen-bond donors (Lipinski definition) is 0. The molecule has 116 valence electrons. The molecule has 21 heavy (non-hydrogen) atoms. The van der Waals surface area contributed by atoms with Crippen LogP contribution in [0.3, 0.4) is 0 Å². The largest absolute Gasteiger partial charge is 0.300 e. The topological polar surface area (TPSA) is 9.72 Å². The predicted molar refractivity (Wildman–Crippen MR) is 88.4 cm³/mol. The maximum absolute atomic E-state index is 2.73. The molecule has 0 aliphatic carbocycles. The molecule has 3 rings (SSSR count). The number of benzene rings is 1. The quantitative estimate of drug-likeness (QED) is 0.823. The van der Waals surface area contributed by atoms with Crippen LogP contribution in [0.4, 0.5) is 0 Å². The molecule has 2 aliphatic heterocycles. The summed E-state index contributed by atoms with van der Waals surface area (Å²) in [5.41, 5.74) is 1.45. The highest BCUT2D eigenvalue weighted by molar-refractivity contribution is 5.15. The van der Waals surface area contributed by atoms with Crippen LogP contribution in [0.15, 0.2) is 30.3 Å². The molecule has 0 radical (unpaired) electrons. The predicted octanol–water partition coefficient (Wildman–Crippen LogP) is 2.29. The highest BCUT2D eigenvalue weighted by Gasteiger charge is 2.38. The molecule has 0 amide bonds. The van der Waals surface area contributed by atoms with Crippen molar-refractivity contribution in [3.63, 3.8) is 0 Å². The molecule has 2 fully saturated rings. The molecular weight excluding hydrogens is 258 g/mol. The maximum Gasteiger partial charge on any atom is 0.0383 e. The van der Waals surface area contributed by atoms with Gasteiger partial charge in [-0.15, -0.1) is 0 Å². The molecule has 2 heterocycles. The van der Waals surface area contributed by atoms with E-state index in [9.17, 15) is 0 Å². The summed E-state index contributed by atoms with van der Waals surface area (Å²) in [5, 5.41) is 0. The Morgan fingerprint density at radius 1 is 1.05 bits per heavy atom. The Kier molecular flexibility index (Phi) is 4.94. The number of nitrogens with zero attached hydrogens (tertiary/aromatic N) is 3. The van der Waals surface area contributed by atoms with Crippen molar-refractivity contribution in [2.24, 2.45) is 0 Å². The molecular formula is C18H29N3. The number of rotatable bonds is 5. The van der Waals surface area contributed by atoms with Gasteiger partial charge in [-0.05, 0) is 31.6 Å². The van der Waals surface area contributed by atoms with E-state index in [0.29, 0.717) is 6.04 Å². The van der Waals surface area contributed by atoms with Crippen molar-refractivity contribution in [1.82, 2.24) is 14.7 Å². The molecule has 0 saturated carbocycles. The molecule has 2 aliphatic rings. The van der Waals surface area contributed by atoms with E-state index in [0.717, 1.165) is 12.6 Å². The smallest absolute Gasteiger partial charge is 0.0383 e. The molecule has 2 saturated heterocycles. The van der Waals surface area contributed by atoms with E-state index in [-0.39, 0.29) is 0 Å². The molecule has 2 bridgehead atoms. The molecule has 1 unspecified atom stereocenters. The van der Waals surface area contributed by atoms with Gasteiger partial charge in [0.25, 0.3) is 0 Å². The van der Waals surface area contributed by atoms with Gasteiger partial charge in [-0.1, -0.05) is 44.2 Å². The molecule has 0 aromatic heterocycles. The second-order valence-electron chi connectivity index (χ2n) is 6.40. The van der Waals surface area contributed by atoms with Crippen molar-refractivity contribution in [1.29, 1.82) is 0 Å². The zero-order valence-electron chi connectivity index (χ0n) is 13.5. The van der Waals surface area contributed by atoms with Gasteiger partial charge in [-0.3, -0.25) is 9.80 Å². The monoisotopic (exact) mass is 287 g/mol. The zero-order valence-corrected chi connectivity index (χ0v) is 13.5. The van der Waals surface area contributed by atoms with Gasteiger partial charge < -0.3 is 4.90 Å². The van der Waals surface area contributed by atoms with Crippen molar-refractivity contribution in [2.75, 3.05) is 39.3 Å². The summed E-state index contributed by atoms with van der Waals surface area (Å²) in [6.07, 6.45) is 1.33. The Morgan fingerprint density at radius 3 is 2.52 bits per heavy atom. The first kappa shape index (κ1) is 15.0. The standard InChI is InChI=1S/C18H29N3/c1-3-20(4-2)17-10-11-19-12-13-21(18(17)15-19)14-16-8-6-5-7-9-16/h5-9,17-18H,3-4,10-15H2,1-2H3/t17-,18+/m1/s1. The number of likely N-dealkylation sites (N-methyl/N-ethyl adjacent to an activating group) is 1. The summed E-state index contributed by atoms with van der Waals surface area (Å²) in [6.45, 7) is 13.1. The number of piperazine rings is 1. The molecule has 3 nitrogen and oxygen atoms in total. The van der Waals surface area contributed by atoms with Crippen molar-refractivity contribution >= 4 is 0 Å². The van der Waals surface area contributed by atoms with Gasteiger partial charge >= 0.3 is 0 Å². The lowest BCUT2D eigenvalue weighted by molar-refractivity contribution is -0.0252. The van der Waals surface area contributed by atoms with Crippen molar-refractivity contribution in [2.45, 2.75) is 38.9 Å². The van der Waals surface area contributed by atoms with Gasteiger partial charge in [-0.2, -0.15) is 0 Å². The summed E-state index contributed by atoms with van der Waals surface area (Å²) in [4.78, 5) is 8.06. The minimum atomic E-state index is 0.701. The SMILES string of the molecule is CCN(CC)[C@@H]1CCN2CCN(Cc3ccccc3)[C@H]1C2. The molecule has 0 spiro atoms. The first-order chi connectivity index (χ1) is 10.3. The minimum Gasteiger partial charge on any atom is -0.300 e. The summed E-state index contributed by atoms with van der Waals surface area (Å²) in [6, 6.07) is 12.4. The van der Waals surface area contributed by atoms with Crippen molar-refractivity contribution in [3.8, 4) is 0 Å². The molecule has 3 heteroatoms. The van der Waals surface area contributed by atoms with Gasteiger partial charge in [0.1, 0.15) is 0 Å². The van der Waals surface area contributed by atoms with E-state index >= 15 is 0 Å². The number of fused-ring (bicyclic) bond motifs is 2. The average molecular weight is 287 g/mol. The zero-order chi connectivity index (χ0) is 14.7. The molecule has 1 aromatic rings. The van der Waals surface area contributed by atoms with Crippen LogP contribution in [0.1, 0.15) is 25.8 Å². The van der Waals surface area contributed by atoms with E-state index in [1.165, 1.54) is 51.3 Å². The summed E-state index contributed by atoms with van der Waals surface area (Å²) < 4.78 is 0. The van der Waals surface area contributed by atoms with E-state index in [1.807, 2.05) is 0 Å². The van der Waals surface area contributed by atoms with E-state index < -0.39 is 0 Å². The van der Waals surface area contributed by atoms with Crippen molar-refractivity contribution in [3.05, 3.63) is 35.9 Å². The van der Waals surface area contributed by atoms with Crippen LogP contribution in [0, 0.1) is 0 Å². The van der Waals surface area contributed by atoms with E-state index in [2.05, 4.69) is 58.9 Å². The van der Waals surface area contributed by atoms with Crippen LogP contribution >= 0.6 is 0 Å². The highest BCUT2D eigenvalue weighted by atomic mass is 15.3. The Balaban J connectivity index is 1.74. The normalized spacial score (nSPS) is 29.8. The van der Waals surface area contributed by atoms with Crippen LogP contribution in [0.25, 0.3) is 0 Å². The summed E-state index contributed by atoms with van der Waals surface area (Å²) in [5.74, 6) is 0. The first-order valence-corrected chi connectivity index (χ1v) is 8.56. The maximum atomic E-state index is 2.73. The highest BCUT2D eigenvalue weighted by Crippen LogP contribution is 2.26. The third-order valence-corrected chi connectivity index (χ3v) is 5.31. The summed E-state index contributed by atoms with van der Waals surface area (Å²) in [7, 11) is 0. The second kappa shape index (κ2) is 6.91. The van der Waals surface area contributed by atoms with Crippen LogP contribution in [0.2, 0.25) is 0 Å². The molecule has 1 aromatic carbocycles. The Hall–Kier alpha value is -0.900. The molecule has 3 atom stereocenters. The Morgan fingerprint density at radius 2 is 1.81 bits per heavy atom. The average Bonchev–Trinajstić information content (AvgIpc) is 2.54. The minimum absolute atomic E-state index is 0.701. The third kappa shape index (κ3) is 3.31. The first-order valence-electron chi connectivity index (χ1n) is 8.56. The third-order valence-electron chi connectivity index (χ3n) is 5.31. The van der Waals surface area contributed by atoms with E-state index in [1.54, 1.807) is 0 Å². The lowest BCUT2D eigenvalue weighted by atomic mass is 9.93. The van der Waals surface area contributed by atoms with Gasteiger partial charge in [0, 0.05) is 38.3 Å². The Bertz CT molecular complexity index is 429. The Labute approximate surface area is 129 Å². The summed E-state index contributed by atoms with van der Waals surface area (Å²) >= 11 is 0. The van der Waals surface area contributed by atoms with Gasteiger partial charge in [-0.25, -0.2) is 0 Å². The van der Waals surface area contributed by atoms with Crippen LogP contribution in [0.5, 0.6) is 0 Å². The second-order valence-corrected chi connectivity index (χ2v) is 6.40. The van der Waals surface area contributed by atoms with Gasteiger partial charge in [0.15, 0.2) is 0 Å². The fourth-order valence-electron chi connectivity index (χ4n) is 4.12. The molecule has 0 N–H and O–H groups in total. The van der Waals surface area contributed by atoms with Gasteiger partial charge in [0.2, 0.25) is 0 Å². The fourth-order valence-corrected chi connectivity index (χ4v) is 4.12.